The van der Waals surface area contributed by atoms with Gasteiger partial charge in [-0.25, -0.2) is 14.6 Å². The number of rotatable bonds is 11. The van der Waals surface area contributed by atoms with Crippen molar-refractivity contribution in [3.8, 4) is 10.4 Å². The highest BCUT2D eigenvalue weighted by Gasteiger charge is 2.21. The van der Waals surface area contributed by atoms with Crippen LogP contribution in [0, 0.1) is 0 Å². The summed E-state index contributed by atoms with van der Waals surface area (Å²) in [5.74, 6) is -1.09. The SMILES string of the molecule is CNC(CNC(=O)c1ccc(-c2cccc(N=C(NC=O)NC(=O)OC(C)(C)C)c2)s1)C(=O)OCCNC(=O)OC(C)(C)C. The second-order valence-corrected chi connectivity index (χ2v) is 12.3. The molecule has 0 aliphatic rings. The van der Waals surface area contributed by atoms with Crippen LogP contribution in [0.1, 0.15) is 51.2 Å². The molecule has 240 valence electrons. The van der Waals surface area contributed by atoms with E-state index in [2.05, 4.69) is 31.6 Å². The zero-order valence-electron chi connectivity index (χ0n) is 25.9. The van der Waals surface area contributed by atoms with Crippen molar-refractivity contribution < 1.29 is 38.2 Å². The Balaban J connectivity index is 1.96. The van der Waals surface area contributed by atoms with Gasteiger partial charge in [-0.05, 0) is 78.4 Å². The molecule has 5 N–H and O–H groups in total. The van der Waals surface area contributed by atoms with Crippen LogP contribution in [0.3, 0.4) is 0 Å². The van der Waals surface area contributed by atoms with Crippen LogP contribution in [0.15, 0.2) is 41.4 Å². The molecule has 1 aromatic heterocycles. The summed E-state index contributed by atoms with van der Waals surface area (Å²) in [7, 11) is 1.56. The van der Waals surface area contributed by atoms with E-state index in [0.717, 1.165) is 10.4 Å². The lowest BCUT2D eigenvalue weighted by Gasteiger charge is -2.20. The summed E-state index contributed by atoms with van der Waals surface area (Å²) in [6, 6.07) is 9.59. The average Bonchev–Trinajstić information content (AvgIpc) is 3.40. The first-order valence-corrected chi connectivity index (χ1v) is 14.5. The fourth-order valence-corrected chi connectivity index (χ4v) is 4.25. The Labute approximate surface area is 260 Å². The minimum atomic E-state index is -0.807. The van der Waals surface area contributed by atoms with Crippen LogP contribution < -0.4 is 26.6 Å². The number of carbonyl (C=O) groups is 5. The summed E-state index contributed by atoms with van der Waals surface area (Å²) in [5, 5.41) is 12.8. The summed E-state index contributed by atoms with van der Waals surface area (Å²) < 4.78 is 15.5. The van der Waals surface area contributed by atoms with Crippen molar-refractivity contribution in [1.29, 1.82) is 0 Å². The predicted molar refractivity (Wildman–Crippen MR) is 166 cm³/mol. The van der Waals surface area contributed by atoms with E-state index in [-0.39, 0.29) is 31.6 Å². The maximum atomic E-state index is 12.8. The summed E-state index contributed by atoms with van der Waals surface area (Å²) in [6.45, 7) is 10.3. The summed E-state index contributed by atoms with van der Waals surface area (Å²) in [6.07, 6.45) is -1.01. The van der Waals surface area contributed by atoms with Crippen LogP contribution in [-0.4, -0.2) is 80.4 Å². The van der Waals surface area contributed by atoms with Crippen LogP contribution in [0.4, 0.5) is 15.3 Å². The number of hydrogen-bond acceptors (Lipinski definition) is 11. The molecule has 0 saturated heterocycles. The maximum Gasteiger partial charge on any atom is 0.414 e. The number of amides is 4. The quantitative estimate of drug-likeness (QED) is 0.0620. The van der Waals surface area contributed by atoms with E-state index >= 15 is 0 Å². The van der Waals surface area contributed by atoms with E-state index in [1.165, 1.54) is 11.3 Å². The Morgan fingerprint density at radius 1 is 0.955 bits per heavy atom. The van der Waals surface area contributed by atoms with E-state index in [4.69, 9.17) is 14.2 Å². The highest BCUT2D eigenvalue weighted by Crippen LogP contribution is 2.30. The first-order valence-electron chi connectivity index (χ1n) is 13.7. The van der Waals surface area contributed by atoms with Crippen molar-refractivity contribution in [2.24, 2.45) is 4.99 Å². The van der Waals surface area contributed by atoms with E-state index in [1.807, 2.05) is 6.07 Å². The molecule has 0 aliphatic carbocycles. The standard InChI is InChI=1S/C29H40N6O8S/c1-28(2,3)42-26(39)31-13-14-41-24(38)20(30-7)16-32-23(37)22-12-11-21(44-22)18-9-8-10-19(15-18)34-25(33-17-36)35-27(40)43-29(4,5)6/h8-12,15,17,20,30H,13-14,16H2,1-7H3,(H,31,39)(H,32,37)(H2,33,34,35,36,40). The van der Waals surface area contributed by atoms with Crippen LogP contribution in [0.25, 0.3) is 10.4 Å². The maximum absolute atomic E-state index is 12.8. The van der Waals surface area contributed by atoms with Crippen LogP contribution in [0.2, 0.25) is 0 Å². The first-order chi connectivity index (χ1) is 20.6. The Kier molecular flexibility index (Phi) is 13.3. The molecular weight excluding hydrogens is 592 g/mol. The molecule has 0 spiro atoms. The molecule has 0 fully saturated rings. The largest absolute Gasteiger partial charge is 0.463 e. The van der Waals surface area contributed by atoms with Gasteiger partial charge in [0.2, 0.25) is 12.4 Å². The summed E-state index contributed by atoms with van der Waals surface area (Å²) >= 11 is 1.23. The molecule has 1 aromatic carbocycles. The van der Waals surface area contributed by atoms with Crippen LogP contribution in [0.5, 0.6) is 0 Å². The Hall–Kier alpha value is -4.50. The van der Waals surface area contributed by atoms with Gasteiger partial charge < -0.3 is 30.2 Å². The molecule has 0 bridgehead atoms. The third kappa shape index (κ3) is 13.2. The van der Waals surface area contributed by atoms with Gasteiger partial charge in [0.15, 0.2) is 0 Å². The van der Waals surface area contributed by atoms with E-state index < -0.39 is 35.4 Å². The lowest BCUT2D eigenvalue weighted by atomic mass is 10.1. The number of ether oxygens (including phenoxy) is 3. The number of guanidine groups is 1. The van der Waals surface area contributed by atoms with Crippen molar-refractivity contribution >= 4 is 53.5 Å². The number of thiophene rings is 1. The number of aliphatic imine (C=N–C) groups is 1. The Morgan fingerprint density at radius 2 is 1.64 bits per heavy atom. The smallest absolute Gasteiger partial charge is 0.414 e. The van der Waals surface area contributed by atoms with E-state index in [1.54, 1.807) is 78.9 Å². The minimum Gasteiger partial charge on any atom is -0.463 e. The molecule has 1 atom stereocenters. The number of nitrogens with one attached hydrogen (secondary N) is 5. The van der Waals surface area contributed by atoms with Gasteiger partial charge in [0, 0.05) is 11.4 Å². The van der Waals surface area contributed by atoms with E-state index in [0.29, 0.717) is 17.0 Å². The molecule has 0 radical (unpaired) electrons. The van der Waals surface area contributed by atoms with Crippen molar-refractivity contribution in [2.75, 3.05) is 26.7 Å². The van der Waals surface area contributed by atoms with Gasteiger partial charge in [0.25, 0.3) is 5.91 Å². The summed E-state index contributed by atoms with van der Waals surface area (Å²) in [5.41, 5.74) is -0.202. The normalized spacial score (nSPS) is 12.4. The number of nitrogens with zero attached hydrogens (tertiary/aromatic N) is 1. The average molecular weight is 633 g/mol. The van der Waals surface area contributed by atoms with E-state index in [9.17, 15) is 24.0 Å². The number of likely N-dealkylation sites (N-methyl/N-ethyl adjacent to an activating group) is 1. The van der Waals surface area contributed by atoms with Gasteiger partial charge in [-0.3, -0.25) is 25.0 Å². The fraction of sp³-hybridized carbons (Fsp3) is 0.448. The monoisotopic (exact) mass is 632 g/mol. The van der Waals surface area contributed by atoms with Crippen molar-refractivity contribution in [3.05, 3.63) is 41.3 Å². The van der Waals surface area contributed by atoms with Gasteiger partial charge in [0.1, 0.15) is 23.9 Å². The highest BCUT2D eigenvalue weighted by molar-refractivity contribution is 7.17. The summed E-state index contributed by atoms with van der Waals surface area (Å²) in [4.78, 5) is 65.5. The van der Waals surface area contributed by atoms with Gasteiger partial charge in [0.05, 0.1) is 17.1 Å². The predicted octanol–water partition coefficient (Wildman–Crippen LogP) is 3.06. The van der Waals surface area contributed by atoms with Gasteiger partial charge >= 0.3 is 18.2 Å². The molecule has 14 nitrogen and oxygen atoms in total. The number of alkyl carbamates (subject to hydrolysis) is 2. The Morgan fingerprint density at radius 3 is 2.27 bits per heavy atom. The third-order valence-corrected chi connectivity index (χ3v) is 6.26. The number of benzene rings is 1. The van der Waals surface area contributed by atoms with Crippen molar-refractivity contribution in [2.45, 2.75) is 58.8 Å². The zero-order chi connectivity index (χ0) is 32.9. The van der Waals surface area contributed by atoms with Gasteiger partial charge in [-0.15, -0.1) is 11.3 Å². The molecule has 1 heterocycles. The molecule has 0 aliphatic heterocycles. The second kappa shape index (κ2) is 16.4. The number of esters is 1. The lowest BCUT2D eigenvalue weighted by molar-refractivity contribution is -0.145. The molecule has 44 heavy (non-hydrogen) atoms. The van der Waals surface area contributed by atoms with Gasteiger partial charge in [-0.2, -0.15) is 0 Å². The first kappa shape index (κ1) is 35.7. The van der Waals surface area contributed by atoms with Crippen molar-refractivity contribution in [1.82, 2.24) is 26.6 Å². The molecule has 1 unspecified atom stereocenters. The third-order valence-electron chi connectivity index (χ3n) is 5.13. The fourth-order valence-electron chi connectivity index (χ4n) is 3.33. The molecular formula is C29H40N6O8S. The number of carbonyl (C=O) groups excluding carboxylic acids is 5. The number of hydrogen-bond donors (Lipinski definition) is 5. The Bertz CT molecular complexity index is 1350. The minimum absolute atomic E-state index is 0.0255. The van der Waals surface area contributed by atoms with Crippen molar-refractivity contribution in [3.63, 3.8) is 0 Å². The van der Waals surface area contributed by atoms with Crippen LogP contribution >= 0.6 is 11.3 Å². The topological polar surface area (TPSA) is 186 Å². The van der Waals surface area contributed by atoms with Gasteiger partial charge in [-0.1, -0.05) is 12.1 Å². The molecule has 15 heteroatoms. The molecule has 4 amide bonds. The molecule has 2 aromatic rings. The highest BCUT2D eigenvalue weighted by atomic mass is 32.1. The molecule has 0 saturated carbocycles. The van der Waals surface area contributed by atoms with Crippen LogP contribution in [-0.2, 0) is 23.8 Å². The second-order valence-electron chi connectivity index (χ2n) is 11.2. The molecule has 2 rings (SSSR count). The lowest BCUT2D eigenvalue weighted by Crippen LogP contribution is -2.45. The zero-order valence-corrected chi connectivity index (χ0v) is 26.7.